The molecule has 3 rings (SSSR count). The van der Waals surface area contributed by atoms with Gasteiger partial charge in [-0.2, -0.15) is 5.10 Å². The van der Waals surface area contributed by atoms with E-state index in [-0.39, 0.29) is 5.91 Å². The Morgan fingerprint density at radius 2 is 1.81 bits per heavy atom. The number of aromatic nitrogens is 2. The van der Waals surface area contributed by atoms with E-state index in [1.54, 1.807) is 12.1 Å². The monoisotopic (exact) mass is 354 g/mol. The van der Waals surface area contributed by atoms with E-state index in [9.17, 15) is 9.59 Å². The number of benzene rings is 1. The van der Waals surface area contributed by atoms with Crippen LogP contribution in [0.1, 0.15) is 60.3 Å². The van der Waals surface area contributed by atoms with Crippen molar-refractivity contribution in [3.8, 4) is 5.69 Å². The average Bonchev–Trinajstić information content (AvgIpc) is 2.81. The van der Waals surface area contributed by atoms with Crippen LogP contribution in [-0.4, -0.2) is 27.1 Å². The van der Waals surface area contributed by atoms with Crippen LogP contribution < -0.4 is 11.1 Å². The van der Waals surface area contributed by atoms with Gasteiger partial charge >= 0.3 is 0 Å². The lowest BCUT2D eigenvalue weighted by atomic mass is 9.89. The van der Waals surface area contributed by atoms with E-state index in [4.69, 9.17) is 5.73 Å². The number of nitrogens with one attached hydrogen (secondary N) is 1. The second kappa shape index (κ2) is 7.32. The van der Waals surface area contributed by atoms with E-state index >= 15 is 0 Å². The smallest absolute Gasteiger partial charge is 0.252 e. The molecule has 1 aliphatic rings. The van der Waals surface area contributed by atoms with Crippen molar-refractivity contribution in [1.29, 1.82) is 0 Å². The molecule has 6 nitrogen and oxygen atoms in total. The van der Waals surface area contributed by atoms with Gasteiger partial charge in [-0.1, -0.05) is 31.7 Å². The predicted molar refractivity (Wildman–Crippen MR) is 100 cm³/mol. The predicted octanol–water partition coefficient (Wildman–Crippen LogP) is 2.80. The number of amides is 2. The zero-order valence-electron chi connectivity index (χ0n) is 15.4. The second-order valence-electron chi connectivity index (χ2n) is 7.20. The summed E-state index contributed by atoms with van der Waals surface area (Å²) in [6, 6.07) is 9.26. The molecule has 1 aromatic carbocycles. The van der Waals surface area contributed by atoms with E-state index in [1.807, 2.05) is 36.7 Å². The average molecular weight is 354 g/mol. The Morgan fingerprint density at radius 3 is 2.38 bits per heavy atom. The van der Waals surface area contributed by atoms with Crippen molar-refractivity contribution in [2.24, 2.45) is 5.73 Å². The number of carbonyl (C=O) groups excluding carboxylic acids is 2. The molecule has 0 bridgehead atoms. The van der Waals surface area contributed by atoms with Crippen LogP contribution in [0.5, 0.6) is 0 Å². The van der Waals surface area contributed by atoms with Gasteiger partial charge in [0, 0.05) is 11.3 Å². The Kier molecular flexibility index (Phi) is 5.11. The van der Waals surface area contributed by atoms with Crippen LogP contribution in [0.25, 0.3) is 5.69 Å². The van der Waals surface area contributed by atoms with Gasteiger partial charge in [0.25, 0.3) is 5.91 Å². The highest BCUT2D eigenvalue weighted by molar-refractivity contribution is 5.99. The molecular formula is C20H26N4O2. The fourth-order valence-electron chi connectivity index (χ4n) is 3.72. The van der Waals surface area contributed by atoms with Crippen LogP contribution in [0.4, 0.5) is 0 Å². The lowest BCUT2D eigenvalue weighted by Gasteiger charge is -2.30. The number of carbonyl (C=O) groups is 2. The van der Waals surface area contributed by atoms with Crippen molar-refractivity contribution in [3.05, 3.63) is 47.3 Å². The first-order valence-electron chi connectivity index (χ1n) is 9.17. The van der Waals surface area contributed by atoms with Gasteiger partial charge in [-0.25, -0.2) is 4.68 Å². The number of hydrogen-bond acceptors (Lipinski definition) is 3. The van der Waals surface area contributed by atoms with Crippen LogP contribution in [-0.2, 0) is 4.79 Å². The fourth-order valence-corrected chi connectivity index (χ4v) is 3.72. The third-order valence-corrected chi connectivity index (χ3v) is 5.14. The highest BCUT2D eigenvalue weighted by Crippen LogP contribution is 2.27. The quantitative estimate of drug-likeness (QED) is 0.827. The van der Waals surface area contributed by atoms with Gasteiger partial charge in [0.15, 0.2) is 0 Å². The van der Waals surface area contributed by atoms with Gasteiger partial charge in [0.05, 0.1) is 11.4 Å². The Balaban J connectivity index is 1.86. The molecule has 0 spiro atoms. The summed E-state index contributed by atoms with van der Waals surface area (Å²) in [7, 11) is 0. The van der Waals surface area contributed by atoms with Gasteiger partial charge in [-0.05, 0) is 51.0 Å². The molecule has 1 heterocycles. The summed E-state index contributed by atoms with van der Waals surface area (Å²) in [4.78, 5) is 25.0. The summed E-state index contributed by atoms with van der Waals surface area (Å²) in [5, 5.41) is 7.41. The van der Waals surface area contributed by atoms with Crippen molar-refractivity contribution in [1.82, 2.24) is 15.1 Å². The zero-order chi connectivity index (χ0) is 18.7. The third kappa shape index (κ3) is 3.64. The first-order valence-corrected chi connectivity index (χ1v) is 9.17. The topological polar surface area (TPSA) is 90.0 Å². The first kappa shape index (κ1) is 18.2. The zero-order valence-corrected chi connectivity index (χ0v) is 15.4. The molecule has 0 atom stereocenters. The normalized spacial score (nSPS) is 16.7. The van der Waals surface area contributed by atoms with Crippen LogP contribution in [0.15, 0.2) is 30.3 Å². The highest BCUT2D eigenvalue weighted by Gasteiger charge is 2.38. The minimum absolute atomic E-state index is 0.269. The number of nitrogens with zero attached hydrogens (tertiary/aromatic N) is 2. The van der Waals surface area contributed by atoms with E-state index in [1.165, 1.54) is 0 Å². The summed E-state index contributed by atoms with van der Waals surface area (Å²) >= 11 is 0. The van der Waals surface area contributed by atoms with Crippen LogP contribution in [0, 0.1) is 13.8 Å². The van der Waals surface area contributed by atoms with E-state index in [2.05, 4.69) is 10.4 Å². The number of primary amides is 1. The van der Waals surface area contributed by atoms with E-state index in [0.29, 0.717) is 18.4 Å². The van der Waals surface area contributed by atoms with Crippen molar-refractivity contribution >= 4 is 11.8 Å². The molecule has 1 saturated carbocycles. The first-order chi connectivity index (χ1) is 12.4. The molecule has 1 fully saturated rings. The van der Waals surface area contributed by atoms with Crippen molar-refractivity contribution < 1.29 is 9.59 Å². The lowest BCUT2D eigenvalue weighted by molar-refractivity contribution is -0.124. The van der Waals surface area contributed by atoms with Crippen LogP contribution in [0.3, 0.4) is 0 Å². The second-order valence-corrected chi connectivity index (χ2v) is 7.20. The molecule has 2 aromatic rings. The summed E-state index contributed by atoms with van der Waals surface area (Å²) in [6.45, 7) is 3.91. The maximum absolute atomic E-state index is 12.9. The maximum Gasteiger partial charge on any atom is 0.252 e. The summed E-state index contributed by atoms with van der Waals surface area (Å²) in [5.41, 5.74) is 7.97. The Bertz CT molecular complexity index is 817. The highest BCUT2D eigenvalue weighted by atomic mass is 16.2. The van der Waals surface area contributed by atoms with Gasteiger partial charge in [0.2, 0.25) is 5.91 Å². The van der Waals surface area contributed by atoms with Gasteiger partial charge < -0.3 is 11.1 Å². The fraction of sp³-hybridized carbons (Fsp3) is 0.450. The molecule has 26 heavy (non-hydrogen) atoms. The summed E-state index contributed by atoms with van der Waals surface area (Å²) in [6.07, 6.45) is 5.14. The van der Waals surface area contributed by atoms with Gasteiger partial charge in [0.1, 0.15) is 5.54 Å². The van der Waals surface area contributed by atoms with E-state index in [0.717, 1.165) is 42.8 Å². The minimum Gasteiger partial charge on any atom is -0.368 e. The Morgan fingerprint density at radius 1 is 1.12 bits per heavy atom. The number of hydrogen-bond donors (Lipinski definition) is 2. The Hall–Kier alpha value is -2.63. The minimum atomic E-state index is -0.943. The largest absolute Gasteiger partial charge is 0.368 e. The SMILES string of the molecule is Cc1cc(C)n(-c2cccc(C(=O)NC3(C(N)=O)CCCCCC3)c2)n1. The van der Waals surface area contributed by atoms with Gasteiger partial charge in [-0.3, -0.25) is 9.59 Å². The van der Waals surface area contributed by atoms with Crippen molar-refractivity contribution in [2.45, 2.75) is 57.9 Å². The maximum atomic E-state index is 12.9. The van der Waals surface area contributed by atoms with Crippen LogP contribution >= 0.6 is 0 Å². The molecule has 0 saturated heterocycles. The molecule has 6 heteroatoms. The molecule has 2 amide bonds. The van der Waals surface area contributed by atoms with E-state index < -0.39 is 11.4 Å². The number of aryl methyl sites for hydroxylation is 2. The molecule has 138 valence electrons. The lowest BCUT2D eigenvalue weighted by Crippen LogP contribution is -2.57. The Labute approximate surface area is 153 Å². The molecule has 1 aromatic heterocycles. The molecule has 3 N–H and O–H groups in total. The summed E-state index contributed by atoms with van der Waals surface area (Å²) < 4.78 is 1.81. The molecule has 0 aliphatic heterocycles. The molecule has 0 unspecified atom stereocenters. The molecule has 0 radical (unpaired) electrons. The standard InChI is InChI=1S/C20H26N4O2/c1-14-12-15(2)24(23-14)17-9-7-8-16(13-17)18(25)22-20(19(21)26)10-5-3-4-6-11-20/h7-9,12-13H,3-6,10-11H2,1-2H3,(H2,21,26)(H,22,25). The molecular weight excluding hydrogens is 328 g/mol. The van der Waals surface area contributed by atoms with Gasteiger partial charge in [-0.15, -0.1) is 0 Å². The third-order valence-electron chi connectivity index (χ3n) is 5.14. The number of rotatable bonds is 4. The van der Waals surface area contributed by atoms with Crippen molar-refractivity contribution in [3.63, 3.8) is 0 Å². The molecule has 1 aliphatic carbocycles. The number of nitrogens with two attached hydrogens (primary N) is 1. The van der Waals surface area contributed by atoms with Crippen molar-refractivity contribution in [2.75, 3.05) is 0 Å². The van der Waals surface area contributed by atoms with Crippen LogP contribution in [0.2, 0.25) is 0 Å². The summed E-state index contributed by atoms with van der Waals surface area (Å²) in [5.74, 6) is -0.712.